The Balaban J connectivity index is 1.92. The lowest BCUT2D eigenvalue weighted by atomic mass is 10.1. The number of benzene rings is 1. The molecule has 0 aliphatic heterocycles. The minimum Gasteiger partial charge on any atom is -0.312 e. The lowest BCUT2D eigenvalue weighted by molar-refractivity contribution is 0.639. The van der Waals surface area contributed by atoms with Gasteiger partial charge in [0.2, 0.25) is 0 Å². The average Bonchev–Trinajstić information content (AvgIpc) is 3.04. The van der Waals surface area contributed by atoms with Crippen LogP contribution in [0, 0.1) is 17.2 Å². The standard InChI is InChI=1S/C12H13ClN2/c13-12-5-10(6-14)3-4-11(12)8-15-7-9-1-2-9/h3-5,9,15H,1-2,7-8H2. The first-order chi connectivity index (χ1) is 7.29. The van der Waals surface area contributed by atoms with Crippen molar-refractivity contribution in [3.8, 4) is 6.07 Å². The van der Waals surface area contributed by atoms with Crippen molar-refractivity contribution >= 4 is 11.6 Å². The molecule has 3 heteroatoms. The Morgan fingerprint density at radius 1 is 1.47 bits per heavy atom. The molecule has 0 heterocycles. The lowest BCUT2D eigenvalue weighted by Gasteiger charge is -2.05. The number of rotatable bonds is 4. The molecule has 2 nitrogen and oxygen atoms in total. The zero-order valence-electron chi connectivity index (χ0n) is 8.46. The van der Waals surface area contributed by atoms with Crippen LogP contribution in [0.15, 0.2) is 18.2 Å². The number of hydrogen-bond donors (Lipinski definition) is 1. The number of hydrogen-bond acceptors (Lipinski definition) is 2. The minimum absolute atomic E-state index is 0.617. The molecule has 1 aliphatic carbocycles. The maximum Gasteiger partial charge on any atom is 0.0992 e. The highest BCUT2D eigenvalue weighted by atomic mass is 35.5. The summed E-state index contributed by atoms with van der Waals surface area (Å²) < 4.78 is 0. The van der Waals surface area contributed by atoms with Crippen molar-refractivity contribution in [3.63, 3.8) is 0 Å². The average molecular weight is 221 g/mol. The fourth-order valence-electron chi connectivity index (χ4n) is 1.49. The second-order valence-electron chi connectivity index (χ2n) is 3.99. The highest BCUT2D eigenvalue weighted by Crippen LogP contribution is 2.27. The molecular formula is C12H13ClN2. The summed E-state index contributed by atoms with van der Waals surface area (Å²) >= 11 is 6.05. The van der Waals surface area contributed by atoms with Crippen molar-refractivity contribution in [2.45, 2.75) is 19.4 Å². The molecule has 78 valence electrons. The number of halogens is 1. The molecule has 1 aromatic carbocycles. The molecule has 1 N–H and O–H groups in total. The maximum atomic E-state index is 8.69. The van der Waals surface area contributed by atoms with Crippen LogP contribution in [0.5, 0.6) is 0 Å². The zero-order valence-corrected chi connectivity index (χ0v) is 9.22. The third-order valence-corrected chi connectivity index (χ3v) is 2.98. The van der Waals surface area contributed by atoms with Crippen molar-refractivity contribution in [1.29, 1.82) is 5.26 Å². The van der Waals surface area contributed by atoms with Crippen LogP contribution in [0.2, 0.25) is 5.02 Å². The molecule has 0 spiro atoms. The van der Waals surface area contributed by atoms with E-state index in [1.54, 1.807) is 12.1 Å². The second kappa shape index (κ2) is 4.65. The van der Waals surface area contributed by atoms with Gasteiger partial charge < -0.3 is 5.32 Å². The van der Waals surface area contributed by atoms with Crippen LogP contribution in [-0.4, -0.2) is 6.54 Å². The quantitative estimate of drug-likeness (QED) is 0.847. The molecule has 0 unspecified atom stereocenters. The van der Waals surface area contributed by atoms with Gasteiger partial charge >= 0.3 is 0 Å². The van der Waals surface area contributed by atoms with Gasteiger partial charge in [-0.3, -0.25) is 0 Å². The zero-order chi connectivity index (χ0) is 10.7. The Morgan fingerprint density at radius 3 is 2.87 bits per heavy atom. The van der Waals surface area contributed by atoms with Gasteiger partial charge in [-0.25, -0.2) is 0 Å². The van der Waals surface area contributed by atoms with Crippen LogP contribution < -0.4 is 5.32 Å². The van der Waals surface area contributed by atoms with Gasteiger partial charge in [-0.2, -0.15) is 5.26 Å². The van der Waals surface area contributed by atoms with E-state index in [4.69, 9.17) is 16.9 Å². The van der Waals surface area contributed by atoms with Crippen LogP contribution in [-0.2, 0) is 6.54 Å². The van der Waals surface area contributed by atoms with Crippen LogP contribution in [0.25, 0.3) is 0 Å². The van der Waals surface area contributed by atoms with Crippen molar-refractivity contribution in [1.82, 2.24) is 5.32 Å². The predicted molar refractivity (Wildman–Crippen MR) is 60.6 cm³/mol. The molecule has 1 saturated carbocycles. The van der Waals surface area contributed by atoms with E-state index < -0.39 is 0 Å². The summed E-state index contributed by atoms with van der Waals surface area (Å²) in [6.07, 6.45) is 2.71. The number of nitrogens with zero attached hydrogens (tertiary/aromatic N) is 1. The van der Waals surface area contributed by atoms with Crippen molar-refractivity contribution in [2.75, 3.05) is 6.54 Å². The van der Waals surface area contributed by atoms with E-state index >= 15 is 0 Å². The summed E-state index contributed by atoms with van der Waals surface area (Å²) in [4.78, 5) is 0. The van der Waals surface area contributed by atoms with E-state index in [-0.39, 0.29) is 0 Å². The van der Waals surface area contributed by atoms with Crippen molar-refractivity contribution in [2.24, 2.45) is 5.92 Å². The Bertz CT molecular complexity index is 391. The Kier molecular flexibility index (Phi) is 3.25. The molecule has 15 heavy (non-hydrogen) atoms. The molecule has 1 aromatic rings. The molecule has 1 fully saturated rings. The number of nitriles is 1. The van der Waals surface area contributed by atoms with Crippen LogP contribution in [0.4, 0.5) is 0 Å². The van der Waals surface area contributed by atoms with Gasteiger partial charge in [0, 0.05) is 11.6 Å². The highest BCUT2D eigenvalue weighted by Gasteiger charge is 2.20. The molecule has 2 rings (SSSR count). The maximum absolute atomic E-state index is 8.69. The molecule has 1 aliphatic rings. The molecule has 0 radical (unpaired) electrons. The lowest BCUT2D eigenvalue weighted by Crippen LogP contribution is -2.16. The molecular weight excluding hydrogens is 208 g/mol. The van der Waals surface area contributed by atoms with Crippen molar-refractivity contribution < 1.29 is 0 Å². The van der Waals surface area contributed by atoms with E-state index in [1.165, 1.54) is 12.8 Å². The topological polar surface area (TPSA) is 35.8 Å². The molecule has 0 amide bonds. The van der Waals surface area contributed by atoms with Crippen LogP contribution in [0.1, 0.15) is 24.0 Å². The largest absolute Gasteiger partial charge is 0.312 e. The first-order valence-corrected chi connectivity index (χ1v) is 5.56. The van der Waals surface area contributed by atoms with Crippen LogP contribution >= 0.6 is 11.6 Å². The van der Waals surface area contributed by atoms with Gasteiger partial charge in [-0.05, 0) is 43.0 Å². The fourth-order valence-corrected chi connectivity index (χ4v) is 1.74. The predicted octanol–water partition coefficient (Wildman–Crippen LogP) is 2.71. The van der Waals surface area contributed by atoms with E-state index in [0.29, 0.717) is 10.6 Å². The van der Waals surface area contributed by atoms with E-state index in [0.717, 1.165) is 24.6 Å². The summed E-state index contributed by atoms with van der Waals surface area (Å²) in [7, 11) is 0. The SMILES string of the molecule is N#Cc1ccc(CNCC2CC2)c(Cl)c1. The molecule has 0 saturated heterocycles. The van der Waals surface area contributed by atoms with E-state index in [2.05, 4.69) is 11.4 Å². The highest BCUT2D eigenvalue weighted by molar-refractivity contribution is 6.31. The normalized spacial score (nSPS) is 14.9. The Morgan fingerprint density at radius 2 is 2.27 bits per heavy atom. The summed E-state index contributed by atoms with van der Waals surface area (Å²) in [5.41, 5.74) is 1.68. The monoisotopic (exact) mass is 220 g/mol. The smallest absolute Gasteiger partial charge is 0.0992 e. The van der Waals surface area contributed by atoms with E-state index in [1.807, 2.05) is 6.07 Å². The summed E-state index contributed by atoms with van der Waals surface area (Å²) in [6.45, 7) is 1.87. The van der Waals surface area contributed by atoms with Gasteiger partial charge in [0.15, 0.2) is 0 Å². The third-order valence-electron chi connectivity index (χ3n) is 2.63. The minimum atomic E-state index is 0.617. The summed E-state index contributed by atoms with van der Waals surface area (Å²) in [5.74, 6) is 0.877. The third kappa shape index (κ3) is 2.95. The van der Waals surface area contributed by atoms with Gasteiger partial charge in [0.1, 0.15) is 0 Å². The summed E-state index contributed by atoms with van der Waals surface area (Å²) in [5, 5.41) is 12.7. The Labute approximate surface area is 94.9 Å². The molecule has 0 aromatic heterocycles. The van der Waals surface area contributed by atoms with E-state index in [9.17, 15) is 0 Å². The molecule has 0 atom stereocenters. The second-order valence-corrected chi connectivity index (χ2v) is 4.40. The van der Waals surface area contributed by atoms with Gasteiger partial charge in [-0.1, -0.05) is 17.7 Å². The van der Waals surface area contributed by atoms with Gasteiger partial charge in [0.25, 0.3) is 0 Å². The summed E-state index contributed by atoms with van der Waals surface area (Å²) in [6, 6.07) is 7.52. The number of nitrogens with one attached hydrogen (secondary N) is 1. The van der Waals surface area contributed by atoms with Crippen LogP contribution in [0.3, 0.4) is 0 Å². The fraction of sp³-hybridized carbons (Fsp3) is 0.417. The first kappa shape index (κ1) is 10.5. The van der Waals surface area contributed by atoms with Crippen molar-refractivity contribution in [3.05, 3.63) is 34.3 Å². The Hall–Kier alpha value is -1.04. The van der Waals surface area contributed by atoms with Gasteiger partial charge in [0.05, 0.1) is 11.6 Å². The van der Waals surface area contributed by atoms with Gasteiger partial charge in [-0.15, -0.1) is 0 Å². The first-order valence-electron chi connectivity index (χ1n) is 5.19. The molecule has 0 bridgehead atoms.